The molecule has 10 nitrogen and oxygen atoms in total. The van der Waals surface area contributed by atoms with Crippen LogP contribution in [0.2, 0.25) is 5.02 Å². The molecular weight excluding hydrogens is 494 g/mol. The average Bonchev–Trinajstić information content (AvgIpc) is 3.31. The summed E-state index contributed by atoms with van der Waals surface area (Å²) in [5, 5.41) is 18.4. The second-order valence-electron chi connectivity index (χ2n) is 9.48. The van der Waals surface area contributed by atoms with E-state index in [2.05, 4.69) is 38.4 Å². The van der Waals surface area contributed by atoms with E-state index in [0.717, 1.165) is 23.9 Å². The number of aliphatic hydroxyl groups excluding tert-OH is 1. The van der Waals surface area contributed by atoms with Crippen LogP contribution in [0.5, 0.6) is 0 Å². The van der Waals surface area contributed by atoms with E-state index >= 15 is 0 Å². The lowest BCUT2D eigenvalue weighted by molar-refractivity contribution is -0.128. The lowest BCUT2D eigenvalue weighted by Gasteiger charge is -2.25. The van der Waals surface area contributed by atoms with Crippen molar-refractivity contribution in [2.75, 3.05) is 18.9 Å². The van der Waals surface area contributed by atoms with Gasteiger partial charge in [-0.15, -0.1) is 0 Å². The van der Waals surface area contributed by atoms with E-state index in [1.165, 1.54) is 6.08 Å². The zero-order valence-corrected chi connectivity index (χ0v) is 21.4. The first-order chi connectivity index (χ1) is 17.7. The maximum atomic E-state index is 12.5. The normalized spacial score (nSPS) is 19.9. The highest BCUT2D eigenvalue weighted by molar-refractivity contribution is 6.32. The molecule has 1 saturated heterocycles. The Balaban J connectivity index is 1.53. The Bertz CT molecular complexity index is 1470. The van der Waals surface area contributed by atoms with Gasteiger partial charge in [-0.2, -0.15) is 5.10 Å². The lowest BCUT2D eigenvalue weighted by Crippen LogP contribution is -2.40. The fourth-order valence-electron chi connectivity index (χ4n) is 5.02. The first-order valence-corrected chi connectivity index (χ1v) is 12.5. The molecule has 3 aromatic rings. The van der Waals surface area contributed by atoms with Crippen LogP contribution < -0.4 is 11.1 Å². The molecule has 0 radical (unpaired) electrons. The van der Waals surface area contributed by atoms with Gasteiger partial charge in [0.2, 0.25) is 5.91 Å². The zero-order valence-electron chi connectivity index (χ0n) is 20.6. The molecule has 2 aliphatic rings. The standard InChI is InChI=1S/C26H28ClN7O3/c1-4-23(36)32-12-17(10-21(32)14(2)35)34-26(29-3)24(25(28)37)19(31-34)8-5-15-9-20-22(11-18(15)27)33(13-30-20)16-6-7-16/h4,9,11,13-14,16-17,21,29,35H,1,6-7,10,12H2,2-3H3,(H2,28,37)/t14-,17-,21+/m0/s1. The molecule has 37 heavy (non-hydrogen) atoms. The molecule has 11 heteroatoms. The number of likely N-dealkylation sites (tertiary alicyclic amines) is 1. The number of aromatic nitrogens is 4. The Labute approximate surface area is 219 Å². The number of hydrogen-bond donors (Lipinski definition) is 3. The summed E-state index contributed by atoms with van der Waals surface area (Å²) in [6.07, 6.45) is 5.00. The van der Waals surface area contributed by atoms with Gasteiger partial charge in [-0.3, -0.25) is 9.59 Å². The highest BCUT2D eigenvalue weighted by Gasteiger charge is 2.40. The van der Waals surface area contributed by atoms with E-state index < -0.39 is 18.1 Å². The van der Waals surface area contributed by atoms with Crippen LogP contribution in [0.1, 0.15) is 59.9 Å². The Morgan fingerprint density at radius 1 is 1.32 bits per heavy atom. The van der Waals surface area contributed by atoms with Crippen LogP contribution in [0.3, 0.4) is 0 Å². The maximum Gasteiger partial charge on any atom is 0.255 e. The SMILES string of the molecule is C=CC(=O)N1C[C@@H](n2nc(C#Cc3cc4ncn(C5CC5)c4cc3Cl)c(C(N)=O)c2NC)C[C@@H]1[C@H](C)O. The molecule has 0 spiro atoms. The van der Waals surface area contributed by atoms with Crippen molar-refractivity contribution in [1.29, 1.82) is 0 Å². The minimum absolute atomic E-state index is 0.146. The smallest absolute Gasteiger partial charge is 0.255 e. The van der Waals surface area contributed by atoms with Gasteiger partial charge in [-0.1, -0.05) is 24.1 Å². The fourth-order valence-corrected chi connectivity index (χ4v) is 5.23. The third-order valence-corrected chi connectivity index (χ3v) is 7.31. The highest BCUT2D eigenvalue weighted by atomic mass is 35.5. The van der Waals surface area contributed by atoms with Crippen LogP contribution >= 0.6 is 11.6 Å². The number of amides is 2. The number of anilines is 1. The van der Waals surface area contributed by atoms with Crippen molar-refractivity contribution < 1.29 is 14.7 Å². The lowest BCUT2D eigenvalue weighted by atomic mass is 10.1. The summed E-state index contributed by atoms with van der Waals surface area (Å²) < 4.78 is 3.75. The molecule has 3 atom stereocenters. The van der Waals surface area contributed by atoms with Gasteiger partial charge in [0.1, 0.15) is 11.4 Å². The van der Waals surface area contributed by atoms with Gasteiger partial charge in [0.25, 0.3) is 5.91 Å². The number of imidazole rings is 1. The van der Waals surface area contributed by atoms with Crippen LogP contribution in [0.15, 0.2) is 31.1 Å². The van der Waals surface area contributed by atoms with E-state index in [1.54, 1.807) is 23.6 Å². The van der Waals surface area contributed by atoms with Gasteiger partial charge in [-0.25, -0.2) is 9.67 Å². The third kappa shape index (κ3) is 4.45. The number of primary amides is 1. The molecule has 3 heterocycles. The number of rotatable bonds is 6. The molecule has 2 fully saturated rings. The molecule has 1 aliphatic carbocycles. The van der Waals surface area contributed by atoms with E-state index in [4.69, 9.17) is 17.3 Å². The number of aliphatic hydroxyl groups is 1. The van der Waals surface area contributed by atoms with Crippen LogP contribution in [0.4, 0.5) is 5.82 Å². The topological polar surface area (TPSA) is 131 Å². The Morgan fingerprint density at radius 3 is 2.70 bits per heavy atom. The van der Waals surface area contributed by atoms with Gasteiger partial charge in [0.05, 0.1) is 40.6 Å². The molecular formula is C26H28ClN7O3. The van der Waals surface area contributed by atoms with Crippen LogP contribution in [0, 0.1) is 11.8 Å². The van der Waals surface area contributed by atoms with Crippen molar-refractivity contribution in [3.05, 3.63) is 53.0 Å². The van der Waals surface area contributed by atoms with Crippen molar-refractivity contribution >= 4 is 40.3 Å². The number of fused-ring (bicyclic) bond motifs is 1. The molecule has 4 N–H and O–H groups in total. The second-order valence-corrected chi connectivity index (χ2v) is 9.88. The van der Waals surface area contributed by atoms with E-state index in [9.17, 15) is 14.7 Å². The van der Waals surface area contributed by atoms with Crippen molar-refractivity contribution in [2.45, 2.75) is 50.4 Å². The first-order valence-electron chi connectivity index (χ1n) is 12.1. The number of carbonyl (C=O) groups excluding carboxylic acids is 2. The summed E-state index contributed by atoms with van der Waals surface area (Å²) in [5.74, 6) is 5.42. The van der Waals surface area contributed by atoms with Gasteiger partial charge in [-0.05, 0) is 50.3 Å². The minimum Gasteiger partial charge on any atom is -0.391 e. The summed E-state index contributed by atoms with van der Waals surface area (Å²) in [6.45, 7) is 5.48. The Morgan fingerprint density at radius 2 is 2.08 bits per heavy atom. The summed E-state index contributed by atoms with van der Waals surface area (Å²) in [7, 11) is 1.66. The largest absolute Gasteiger partial charge is 0.391 e. The first kappa shape index (κ1) is 24.9. The average molecular weight is 522 g/mol. The Hall–Kier alpha value is -3.81. The molecule has 0 bridgehead atoms. The summed E-state index contributed by atoms with van der Waals surface area (Å²) >= 11 is 6.56. The number of hydrogen-bond acceptors (Lipinski definition) is 6. The molecule has 2 amide bonds. The highest BCUT2D eigenvalue weighted by Crippen LogP contribution is 2.38. The summed E-state index contributed by atoms with van der Waals surface area (Å²) in [5.41, 5.74) is 8.38. The number of carbonyl (C=O) groups is 2. The van der Waals surface area contributed by atoms with Gasteiger partial charge in [0, 0.05) is 25.2 Å². The predicted octanol–water partition coefficient (Wildman–Crippen LogP) is 2.47. The molecule has 0 unspecified atom stereocenters. The monoisotopic (exact) mass is 521 g/mol. The number of nitrogens with zero attached hydrogens (tertiary/aromatic N) is 5. The van der Waals surface area contributed by atoms with Crippen molar-refractivity contribution in [2.24, 2.45) is 5.73 Å². The van der Waals surface area contributed by atoms with E-state index in [-0.39, 0.29) is 29.8 Å². The maximum absolute atomic E-state index is 12.5. The minimum atomic E-state index is -0.752. The number of nitrogens with one attached hydrogen (secondary N) is 1. The zero-order chi connectivity index (χ0) is 26.4. The molecule has 192 valence electrons. The van der Waals surface area contributed by atoms with E-state index in [0.29, 0.717) is 28.9 Å². The quantitative estimate of drug-likeness (QED) is 0.337. The number of halogens is 1. The van der Waals surface area contributed by atoms with E-state index in [1.807, 2.05) is 18.5 Å². The summed E-state index contributed by atoms with van der Waals surface area (Å²) in [4.78, 5) is 30.9. The fraction of sp³-hybridized carbons (Fsp3) is 0.385. The van der Waals surface area contributed by atoms with Crippen LogP contribution in [-0.2, 0) is 4.79 Å². The molecule has 1 aromatic carbocycles. The van der Waals surface area contributed by atoms with Crippen LogP contribution in [-0.4, -0.2) is 66.9 Å². The van der Waals surface area contributed by atoms with Gasteiger partial charge < -0.3 is 25.6 Å². The predicted molar refractivity (Wildman–Crippen MR) is 140 cm³/mol. The second kappa shape index (κ2) is 9.57. The molecule has 1 aliphatic heterocycles. The summed E-state index contributed by atoms with van der Waals surface area (Å²) in [6, 6.07) is 3.43. The van der Waals surface area contributed by atoms with Gasteiger partial charge >= 0.3 is 0 Å². The van der Waals surface area contributed by atoms with Crippen molar-refractivity contribution in [3.8, 4) is 11.8 Å². The molecule has 5 rings (SSSR count). The van der Waals surface area contributed by atoms with Crippen LogP contribution in [0.25, 0.3) is 11.0 Å². The number of nitrogens with two attached hydrogens (primary N) is 1. The number of benzene rings is 1. The molecule has 1 saturated carbocycles. The third-order valence-electron chi connectivity index (χ3n) is 6.99. The van der Waals surface area contributed by atoms with Crippen molar-refractivity contribution in [1.82, 2.24) is 24.2 Å². The Kier molecular flexibility index (Phi) is 6.43. The van der Waals surface area contributed by atoms with Gasteiger partial charge in [0.15, 0.2) is 5.69 Å². The molecule has 2 aromatic heterocycles. The van der Waals surface area contributed by atoms with Crippen molar-refractivity contribution in [3.63, 3.8) is 0 Å².